The predicted molar refractivity (Wildman–Crippen MR) is 45.5 cm³/mol. The molecule has 0 saturated carbocycles. The summed E-state index contributed by atoms with van der Waals surface area (Å²) in [5.74, 6) is 0. The van der Waals surface area contributed by atoms with Crippen molar-refractivity contribution in [2.75, 3.05) is 0 Å². The first-order chi connectivity index (χ1) is 3.81. The third-order valence-electron chi connectivity index (χ3n) is 0.888. The van der Waals surface area contributed by atoms with E-state index in [2.05, 4.69) is 38.8 Å². The monoisotopic (exact) mass is 240 g/mol. The van der Waals surface area contributed by atoms with E-state index in [-0.39, 0.29) is 0 Å². The lowest BCUT2D eigenvalue weighted by Gasteiger charge is -1.91. The van der Waals surface area contributed by atoms with Crippen molar-refractivity contribution in [1.29, 1.82) is 0 Å². The van der Waals surface area contributed by atoms with E-state index in [0.717, 1.165) is 6.42 Å². The van der Waals surface area contributed by atoms with E-state index in [1.807, 2.05) is 4.99 Å². The van der Waals surface area contributed by atoms with E-state index < -0.39 is 0 Å². The highest BCUT2D eigenvalue weighted by atomic mass is 79.9. The molecular weight excluding hydrogens is 232 g/mol. The van der Waals surface area contributed by atoms with Gasteiger partial charge in [0.2, 0.25) is 0 Å². The Balaban J connectivity index is 3.12. The highest BCUT2D eigenvalue weighted by Gasteiger charge is 1.86. The molecule has 0 rings (SSSR count). The molecule has 2 heteroatoms. The fourth-order valence-corrected chi connectivity index (χ4v) is 0.909. The quantitative estimate of drug-likeness (QED) is 0.705. The van der Waals surface area contributed by atoms with Gasteiger partial charge in [0.15, 0.2) is 0 Å². The van der Waals surface area contributed by atoms with Crippen LogP contribution in [0, 0.1) is 0 Å². The molecule has 0 amide bonds. The van der Waals surface area contributed by atoms with Gasteiger partial charge in [0, 0.05) is 4.48 Å². The number of hydrogen-bond donors (Lipinski definition) is 0. The molecule has 0 unspecified atom stereocenters. The van der Waals surface area contributed by atoms with Crippen molar-refractivity contribution in [2.45, 2.75) is 26.2 Å². The molecule has 0 aromatic carbocycles. The summed E-state index contributed by atoms with van der Waals surface area (Å²) in [4.78, 5) is 1.92. The molecule has 0 atom stereocenters. The third kappa shape index (κ3) is 4.85. The molecule has 0 aromatic heterocycles. The van der Waals surface area contributed by atoms with Gasteiger partial charge in [0.25, 0.3) is 0 Å². The topological polar surface area (TPSA) is 0 Å². The second kappa shape index (κ2) is 5.83. The molecule has 0 aliphatic heterocycles. The average Bonchev–Trinajstić information content (AvgIpc) is 1.83. The Kier molecular flexibility index (Phi) is 6.34. The molecule has 0 radical (unpaired) electrons. The van der Waals surface area contributed by atoms with Crippen LogP contribution in [0.25, 0.3) is 0 Å². The molecule has 0 saturated heterocycles. The molecule has 0 nitrogen and oxygen atoms in total. The molecule has 0 fully saturated rings. The Morgan fingerprint density at radius 3 is 2.62 bits per heavy atom. The predicted octanol–water partition coefficient (Wildman–Crippen LogP) is 3.81. The van der Waals surface area contributed by atoms with Crippen LogP contribution in [0.2, 0.25) is 0 Å². The molecule has 0 N–H and O–H groups in total. The second-order valence-electron chi connectivity index (χ2n) is 1.66. The number of rotatable bonds is 3. The van der Waals surface area contributed by atoms with Crippen LogP contribution in [-0.4, -0.2) is 0 Å². The fourth-order valence-electron chi connectivity index (χ4n) is 0.400. The molecule has 8 heavy (non-hydrogen) atoms. The van der Waals surface area contributed by atoms with Gasteiger partial charge in [-0.25, -0.2) is 0 Å². The average molecular weight is 242 g/mol. The maximum absolute atomic E-state index is 3.39. The molecular formula is C6H10Br2. The summed E-state index contributed by atoms with van der Waals surface area (Å²) in [7, 11) is 0. The van der Waals surface area contributed by atoms with Gasteiger partial charge in [-0.3, -0.25) is 0 Å². The van der Waals surface area contributed by atoms with Gasteiger partial charge >= 0.3 is 0 Å². The minimum Gasteiger partial charge on any atom is -0.0654 e. The van der Waals surface area contributed by atoms with Crippen LogP contribution in [0.15, 0.2) is 9.47 Å². The van der Waals surface area contributed by atoms with Crippen molar-refractivity contribution >= 4 is 31.9 Å². The van der Waals surface area contributed by atoms with Crippen molar-refractivity contribution in [1.82, 2.24) is 0 Å². The Labute approximate surface area is 67.6 Å². The second-order valence-corrected chi connectivity index (χ2v) is 3.14. The first kappa shape index (κ1) is 8.70. The van der Waals surface area contributed by atoms with Crippen molar-refractivity contribution in [3.8, 4) is 0 Å². The maximum atomic E-state index is 3.39. The van der Waals surface area contributed by atoms with E-state index in [0.29, 0.717) is 0 Å². The van der Waals surface area contributed by atoms with Crippen LogP contribution >= 0.6 is 31.9 Å². The smallest absolute Gasteiger partial charge is 0.00197 e. The van der Waals surface area contributed by atoms with Gasteiger partial charge in [-0.1, -0.05) is 45.2 Å². The molecule has 0 bridgehead atoms. The Bertz CT molecular complexity index is 76.6. The van der Waals surface area contributed by atoms with E-state index >= 15 is 0 Å². The minimum atomic E-state index is 1.15. The molecule has 0 heterocycles. The van der Waals surface area contributed by atoms with E-state index in [1.165, 1.54) is 17.3 Å². The summed E-state index contributed by atoms with van der Waals surface area (Å²) in [6.45, 7) is 2.19. The van der Waals surface area contributed by atoms with Crippen molar-refractivity contribution in [3.05, 3.63) is 9.47 Å². The third-order valence-corrected chi connectivity index (χ3v) is 2.68. The van der Waals surface area contributed by atoms with Crippen LogP contribution in [0.1, 0.15) is 26.2 Å². The lowest BCUT2D eigenvalue weighted by atomic mass is 10.2. The van der Waals surface area contributed by atoms with E-state index in [1.54, 1.807) is 0 Å². The van der Waals surface area contributed by atoms with Crippen LogP contribution < -0.4 is 0 Å². The van der Waals surface area contributed by atoms with Gasteiger partial charge in [-0.15, -0.1) is 0 Å². The van der Waals surface area contributed by atoms with Gasteiger partial charge in [0.05, 0.1) is 0 Å². The van der Waals surface area contributed by atoms with Gasteiger partial charge in [-0.05, 0) is 17.8 Å². The summed E-state index contributed by atoms with van der Waals surface area (Å²) in [6, 6.07) is 0. The summed E-state index contributed by atoms with van der Waals surface area (Å²) in [6.07, 6.45) is 3.68. The lowest BCUT2D eigenvalue weighted by Crippen LogP contribution is -1.69. The molecule has 0 spiro atoms. The van der Waals surface area contributed by atoms with Gasteiger partial charge in [-0.2, -0.15) is 0 Å². The lowest BCUT2D eigenvalue weighted by molar-refractivity contribution is 0.811. The van der Waals surface area contributed by atoms with Crippen molar-refractivity contribution in [3.63, 3.8) is 0 Å². The zero-order valence-electron chi connectivity index (χ0n) is 4.95. The van der Waals surface area contributed by atoms with E-state index in [4.69, 9.17) is 0 Å². The van der Waals surface area contributed by atoms with Gasteiger partial charge < -0.3 is 0 Å². The SMILES string of the molecule is CCCC/C(Br)=C\Br. The van der Waals surface area contributed by atoms with Crippen molar-refractivity contribution < 1.29 is 0 Å². The maximum Gasteiger partial charge on any atom is 0.00197 e. The number of allylic oxidation sites excluding steroid dienone is 1. The number of unbranched alkanes of at least 4 members (excludes halogenated alkanes) is 1. The Morgan fingerprint density at radius 2 is 2.25 bits per heavy atom. The first-order valence-corrected chi connectivity index (χ1v) is 4.47. The van der Waals surface area contributed by atoms with E-state index in [9.17, 15) is 0 Å². The molecule has 0 aliphatic carbocycles. The van der Waals surface area contributed by atoms with Gasteiger partial charge in [0.1, 0.15) is 0 Å². The molecule has 48 valence electrons. The summed E-state index contributed by atoms with van der Waals surface area (Å²) >= 11 is 6.63. The van der Waals surface area contributed by atoms with Crippen LogP contribution in [-0.2, 0) is 0 Å². The van der Waals surface area contributed by atoms with Crippen molar-refractivity contribution in [2.24, 2.45) is 0 Å². The van der Waals surface area contributed by atoms with Crippen LogP contribution in [0.3, 0.4) is 0 Å². The zero-order chi connectivity index (χ0) is 6.41. The largest absolute Gasteiger partial charge is 0.0654 e. The zero-order valence-corrected chi connectivity index (χ0v) is 8.13. The van der Waals surface area contributed by atoms with Crippen LogP contribution in [0.5, 0.6) is 0 Å². The number of halogens is 2. The fraction of sp³-hybridized carbons (Fsp3) is 0.667. The molecule has 0 aliphatic rings. The Hall–Kier alpha value is 0.700. The minimum absolute atomic E-state index is 1.15. The summed E-state index contributed by atoms with van der Waals surface area (Å²) in [5, 5.41) is 0. The number of hydrogen-bond acceptors (Lipinski definition) is 0. The Morgan fingerprint density at radius 1 is 1.62 bits per heavy atom. The highest BCUT2D eigenvalue weighted by molar-refractivity contribution is 9.14. The summed E-state index contributed by atoms with van der Waals surface area (Å²) < 4.78 is 1.25. The highest BCUT2D eigenvalue weighted by Crippen LogP contribution is 2.15. The normalized spacial score (nSPS) is 12.1. The van der Waals surface area contributed by atoms with Crippen LogP contribution in [0.4, 0.5) is 0 Å². The molecule has 0 aromatic rings. The first-order valence-electron chi connectivity index (χ1n) is 2.76. The summed E-state index contributed by atoms with van der Waals surface area (Å²) in [5.41, 5.74) is 0. The standard InChI is InChI=1S/C6H10Br2/c1-2-3-4-6(8)5-7/h5H,2-4H2,1H3/b6-5+.